The number of hydrogen-bond donors (Lipinski definition) is 0. The van der Waals surface area contributed by atoms with Crippen LogP contribution in [0, 0.1) is 5.13 Å². The van der Waals surface area contributed by atoms with Gasteiger partial charge in [0.15, 0.2) is 0 Å². The average Bonchev–Trinajstić information content (AvgIpc) is 3.19. The highest BCUT2D eigenvalue weighted by Crippen LogP contribution is 2.41. The summed E-state index contributed by atoms with van der Waals surface area (Å²) in [6.07, 6.45) is 4.09. The van der Waals surface area contributed by atoms with E-state index in [2.05, 4.69) is 4.74 Å². The first-order valence-electron chi connectivity index (χ1n) is 12.2. The van der Waals surface area contributed by atoms with E-state index >= 15 is 4.39 Å². The number of rotatable bonds is 10. The van der Waals surface area contributed by atoms with E-state index in [1.807, 2.05) is 6.92 Å². The number of unbranched alkanes of at least 4 members (excludes halogenated alkanes) is 2. The number of imide groups is 1. The van der Waals surface area contributed by atoms with Crippen molar-refractivity contribution in [2.24, 2.45) is 0 Å². The number of carbonyl (C=O) groups excluding carboxylic acids is 4. The van der Waals surface area contributed by atoms with Crippen LogP contribution in [0.4, 0.5) is 10.1 Å². The van der Waals surface area contributed by atoms with Gasteiger partial charge in [-0.3, -0.25) is 14.4 Å². The summed E-state index contributed by atoms with van der Waals surface area (Å²) in [6, 6.07) is 7.92. The van der Waals surface area contributed by atoms with Crippen molar-refractivity contribution in [2.75, 3.05) is 18.6 Å². The zero-order valence-corrected chi connectivity index (χ0v) is 22.4. The number of benzene rings is 1. The van der Waals surface area contributed by atoms with E-state index in [-0.39, 0.29) is 46.1 Å². The summed E-state index contributed by atoms with van der Waals surface area (Å²) in [5, 5.41) is -1.13. The third-order valence-electron chi connectivity index (χ3n) is 5.99. The monoisotopic (exact) mass is 549 g/mol. The molecule has 0 fully saturated rings. The lowest BCUT2D eigenvalue weighted by atomic mass is 9.90. The highest BCUT2D eigenvalue weighted by Gasteiger charge is 2.37. The first kappa shape index (κ1) is 28.5. The Labute approximate surface area is 224 Å². The molecule has 0 bridgehead atoms. The molecule has 1 aliphatic carbocycles. The Morgan fingerprint density at radius 1 is 1.03 bits per heavy atom. The molecule has 0 saturated heterocycles. The molecule has 7 nitrogen and oxygen atoms in total. The lowest BCUT2D eigenvalue weighted by Gasteiger charge is -2.25. The summed E-state index contributed by atoms with van der Waals surface area (Å²) >= 11 is 7.01. The summed E-state index contributed by atoms with van der Waals surface area (Å²) in [6.45, 7) is 2.26. The highest BCUT2D eigenvalue weighted by molar-refractivity contribution is 7.11. The molecule has 1 aliphatic rings. The van der Waals surface area contributed by atoms with Crippen molar-refractivity contribution in [3.63, 3.8) is 0 Å². The maximum absolute atomic E-state index is 15.3. The fourth-order valence-corrected chi connectivity index (χ4v) is 5.32. The molecule has 0 spiro atoms. The van der Waals surface area contributed by atoms with Gasteiger partial charge >= 0.3 is 11.9 Å². The number of thiophene rings is 1. The van der Waals surface area contributed by atoms with E-state index in [4.69, 9.17) is 16.3 Å². The molecule has 198 valence electrons. The van der Waals surface area contributed by atoms with Crippen LogP contribution in [0.1, 0.15) is 67.1 Å². The van der Waals surface area contributed by atoms with Crippen LogP contribution in [0.3, 0.4) is 0 Å². The third kappa shape index (κ3) is 6.84. The number of hydrogen-bond acceptors (Lipinski definition) is 7. The Hall–Kier alpha value is -3.04. The molecular weight excluding hydrogens is 521 g/mol. The quantitative estimate of drug-likeness (QED) is 0.204. The van der Waals surface area contributed by atoms with Gasteiger partial charge in [-0.2, -0.15) is 4.39 Å². The molecule has 1 aromatic heterocycles. The van der Waals surface area contributed by atoms with Crippen LogP contribution in [0.5, 0.6) is 0 Å². The maximum Gasteiger partial charge on any atom is 0.334 e. The van der Waals surface area contributed by atoms with Gasteiger partial charge in [-0.05, 0) is 44.2 Å². The van der Waals surface area contributed by atoms with Gasteiger partial charge in [0.05, 0.1) is 25.2 Å². The normalized spacial score (nSPS) is 13.3. The minimum Gasteiger partial charge on any atom is -0.469 e. The van der Waals surface area contributed by atoms with E-state index in [9.17, 15) is 19.2 Å². The van der Waals surface area contributed by atoms with Crippen molar-refractivity contribution < 1.29 is 33.0 Å². The molecule has 2 amide bonds. The molecule has 2 aromatic rings. The van der Waals surface area contributed by atoms with E-state index < -0.39 is 34.6 Å². The van der Waals surface area contributed by atoms with E-state index in [1.165, 1.54) is 19.2 Å². The lowest BCUT2D eigenvalue weighted by Crippen LogP contribution is -2.40. The topological polar surface area (TPSA) is 90.0 Å². The first-order valence-corrected chi connectivity index (χ1v) is 13.4. The molecule has 37 heavy (non-hydrogen) atoms. The molecule has 10 heteroatoms. The summed E-state index contributed by atoms with van der Waals surface area (Å²) in [7, 11) is 1.19. The molecule has 1 heterocycles. The zero-order chi connectivity index (χ0) is 26.9. The molecule has 0 aliphatic heterocycles. The fraction of sp³-hybridized carbons (Fsp3) is 0.407. The molecule has 0 radical (unpaired) electrons. The SMILES string of the molecule is CCCCCOC(=O)C1=C(C(=O)N(C(=O)c2ccccc2)c2c(F)sc(CC(=O)OC)c2Cl)CCCC1. The number of methoxy groups -OCH3 is 1. The van der Waals surface area contributed by atoms with Crippen LogP contribution in [-0.4, -0.2) is 37.5 Å². The zero-order valence-electron chi connectivity index (χ0n) is 20.8. The summed E-state index contributed by atoms with van der Waals surface area (Å²) in [5.41, 5.74) is -0.0161. The Morgan fingerprint density at radius 2 is 1.70 bits per heavy atom. The summed E-state index contributed by atoms with van der Waals surface area (Å²) < 4.78 is 25.3. The molecule has 1 aromatic carbocycles. The number of esters is 2. The second kappa shape index (κ2) is 13.5. The third-order valence-corrected chi connectivity index (χ3v) is 7.47. The van der Waals surface area contributed by atoms with Crippen molar-refractivity contribution in [1.29, 1.82) is 0 Å². The van der Waals surface area contributed by atoms with Gasteiger partial charge in [0.1, 0.15) is 5.69 Å². The maximum atomic E-state index is 15.3. The predicted octanol–water partition coefficient (Wildman–Crippen LogP) is 6.03. The van der Waals surface area contributed by atoms with Gasteiger partial charge in [-0.15, -0.1) is 11.3 Å². The van der Waals surface area contributed by atoms with Gasteiger partial charge in [-0.1, -0.05) is 49.6 Å². The largest absolute Gasteiger partial charge is 0.469 e. The van der Waals surface area contributed by atoms with Gasteiger partial charge in [0, 0.05) is 21.6 Å². The van der Waals surface area contributed by atoms with Gasteiger partial charge in [0.2, 0.25) is 5.13 Å². The van der Waals surface area contributed by atoms with E-state index in [1.54, 1.807) is 18.2 Å². The van der Waals surface area contributed by atoms with Crippen LogP contribution in [0.2, 0.25) is 5.02 Å². The summed E-state index contributed by atoms with van der Waals surface area (Å²) in [5.74, 6) is -2.89. The minimum absolute atomic E-state index is 0.104. The van der Waals surface area contributed by atoms with Crippen LogP contribution >= 0.6 is 22.9 Å². The smallest absolute Gasteiger partial charge is 0.334 e. The second-order valence-corrected chi connectivity index (χ2v) is 9.97. The molecule has 0 saturated carbocycles. The van der Waals surface area contributed by atoms with E-state index in [0.29, 0.717) is 41.9 Å². The predicted molar refractivity (Wildman–Crippen MR) is 139 cm³/mol. The Balaban J connectivity index is 2.07. The second-order valence-electron chi connectivity index (χ2n) is 8.53. The highest BCUT2D eigenvalue weighted by atomic mass is 35.5. The van der Waals surface area contributed by atoms with Gasteiger partial charge in [0.25, 0.3) is 11.8 Å². The molecule has 0 N–H and O–H groups in total. The van der Waals surface area contributed by atoms with Crippen LogP contribution in [0.25, 0.3) is 0 Å². The van der Waals surface area contributed by atoms with Crippen molar-refractivity contribution in [3.8, 4) is 0 Å². The number of ether oxygens (including phenoxy) is 2. The number of carbonyl (C=O) groups is 4. The molecule has 3 rings (SSSR count). The molecule has 0 atom stereocenters. The van der Waals surface area contributed by atoms with Crippen molar-refractivity contribution in [3.05, 3.63) is 62.1 Å². The number of halogens is 2. The van der Waals surface area contributed by atoms with Crippen LogP contribution < -0.4 is 4.90 Å². The van der Waals surface area contributed by atoms with Crippen molar-refractivity contribution in [2.45, 2.75) is 58.3 Å². The molecule has 0 unspecified atom stereocenters. The Bertz CT molecular complexity index is 1190. The Kier molecular flexibility index (Phi) is 10.4. The summed E-state index contributed by atoms with van der Waals surface area (Å²) in [4.78, 5) is 53.0. The standard InChI is InChI=1S/C27H29ClFNO6S/c1-3-4-10-15-36-27(34)19-14-9-8-13-18(19)26(33)30(25(32)17-11-6-5-7-12-17)23-22(28)20(37-24(23)29)16-21(31)35-2/h5-7,11-12H,3-4,8-10,13-16H2,1-2H3. The van der Waals surface area contributed by atoms with E-state index in [0.717, 1.165) is 12.8 Å². The van der Waals surface area contributed by atoms with Crippen LogP contribution in [-0.2, 0) is 30.3 Å². The van der Waals surface area contributed by atoms with Crippen molar-refractivity contribution in [1.82, 2.24) is 0 Å². The van der Waals surface area contributed by atoms with Crippen molar-refractivity contribution >= 4 is 52.4 Å². The first-order chi connectivity index (χ1) is 17.8. The fourth-order valence-electron chi connectivity index (χ4n) is 4.03. The minimum atomic E-state index is -0.901. The average molecular weight is 550 g/mol. The van der Waals surface area contributed by atoms with Gasteiger partial charge in [-0.25, -0.2) is 9.69 Å². The lowest BCUT2D eigenvalue weighted by molar-refractivity contribution is -0.140. The molecular formula is C27H29ClFNO6S. The number of nitrogens with zero attached hydrogens (tertiary/aromatic N) is 1. The van der Waals surface area contributed by atoms with Crippen LogP contribution in [0.15, 0.2) is 41.5 Å². The Morgan fingerprint density at radius 3 is 2.35 bits per heavy atom. The number of anilines is 1. The van der Waals surface area contributed by atoms with Gasteiger partial charge < -0.3 is 9.47 Å². The number of amides is 2.